The topological polar surface area (TPSA) is 49.8 Å². The van der Waals surface area contributed by atoms with Crippen LogP contribution >= 0.6 is 0 Å². The fraction of sp³-hybridized carbons (Fsp3) is 0.125. The minimum absolute atomic E-state index is 0. The monoisotopic (exact) mass is 170 g/mol. The third kappa shape index (κ3) is 7.84. The fourth-order valence-corrected chi connectivity index (χ4v) is 0.614. The predicted octanol–water partition coefficient (Wildman–Crippen LogP) is -0.403. The Bertz CT molecular complexity index is 220. The van der Waals surface area contributed by atoms with E-state index in [2.05, 4.69) is 0 Å². The number of benzene rings is 1. The predicted molar refractivity (Wildman–Crippen MR) is 55.6 cm³/mol. The standard InChI is InChI=1S/C7H9N.CH2BN.Na.H/c8-6-7-4-2-1-3-5-7;2-1-3;;/h1-5H,6,8H2;2H2;;. The number of rotatable bonds is 1. The zero-order valence-electron chi connectivity index (χ0n) is 6.62. The molecule has 1 aromatic rings. The van der Waals surface area contributed by atoms with E-state index in [0.29, 0.717) is 6.54 Å². The summed E-state index contributed by atoms with van der Waals surface area (Å²) in [6.07, 6.45) is 0. The molecule has 0 atom stereocenters. The van der Waals surface area contributed by atoms with E-state index in [0.717, 1.165) is 0 Å². The molecule has 2 nitrogen and oxygen atoms in total. The van der Waals surface area contributed by atoms with Crippen molar-refractivity contribution in [3.8, 4) is 5.97 Å². The van der Waals surface area contributed by atoms with E-state index in [1.165, 1.54) is 13.4 Å². The van der Waals surface area contributed by atoms with E-state index in [-0.39, 0.29) is 29.6 Å². The van der Waals surface area contributed by atoms with Crippen LogP contribution in [0.2, 0.25) is 0 Å². The molecule has 12 heavy (non-hydrogen) atoms. The van der Waals surface area contributed by atoms with Crippen molar-refractivity contribution in [2.24, 2.45) is 5.73 Å². The summed E-state index contributed by atoms with van der Waals surface area (Å²) in [5.74, 6) is 1.75. The van der Waals surface area contributed by atoms with Gasteiger partial charge in [-0.2, -0.15) is 0 Å². The van der Waals surface area contributed by atoms with E-state index in [9.17, 15) is 0 Å². The summed E-state index contributed by atoms with van der Waals surface area (Å²) in [6, 6.07) is 9.99. The Kier molecular flexibility index (Phi) is 12.8. The van der Waals surface area contributed by atoms with Crippen LogP contribution in [0.1, 0.15) is 5.56 Å². The first-order valence-corrected chi connectivity index (χ1v) is 3.40. The van der Waals surface area contributed by atoms with Crippen LogP contribution in [0.3, 0.4) is 0 Å². The Morgan fingerprint density at radius 1 is 1.33 bits per heavy atom. The van der Waals surface area contributed by atoms with E-state index in [1.54, 1.807) is 5.97 Å². The molecule has 0 radical (unpaired) electrons. The summed E-state index contributed by atoms with van der Waals surface area (Å²) >= 11 is 0. The van der Waals surface area contributed by atoms with Crippen molar-refractivity contribution < 1.29 is 0 Å². The second-order valence-electron chi connectivity index (χ2n) is 1.91. The van der Waals surface area contributed by atoms with Crippen molar-refractivity contribution in [2.45, 2.75) is 6.54 Å². The van der Waals surface area contributed by atoms with Gasteiger partial charge in [0.1, 0.15) is 0 Å². The van der Waals surface area contributed by atoms with Crippen LogP contribution in [0.4, 0.5) is 0 Å². The SMILES string of the molecule is BC#N.NCc1ccccc1.[NaH]. The average Bonchev–Trinajstić information content (AvgIpc) is 2.08. The van der Waals surface area contributed by atoms with Crippen LogP contribution in [0.15, 0.2) is 30.3 Å². The van der Waals surface area contributed by atoms with Crippen LogP contribution in [0.25, 0.3) is 0 Å². The molecule has 0 aliphatic heterocycles. The van der Waals surface area contributed by atoms with Gasteiger partial charge in [-0.3, -0.25) is 0 Å². The molecule has 58 valence electrons. The Hall–Kier alpha value is -0.265. The van der Waals surface area contributed by atoms with Crippen LogP contribution in [-0.4, -0.2) is 37.4 Å². The van der Waals surface area contributed by atoms with Crippen molar-refractivity contribution in [2.75, 3.05) is 0 Å². The second kappa shape index (κ2) is 10.7. The third-order valence-corrected chi connectivity index (χ3v) is 1.08. The molecule has 0 aliphatic carbocycles. The van der Waals surface area contributed by atoms with Crippen molar-refractivity contribution >= 4 is 37.4 Å². The molecule has 4 heteroatoms. The number of nitriles is 1. The first-order chi connectivity index (χ1) is 5.35. The van der Waals surface area contributed by atoms with Crippen molar-refractivity contribution in [1.82, 2.24) is 0 Å². The Morgan fingerprint density at radius 3 is 2.00 bits per heavy atom. The molecule has 0 unspecified atom stereocenters. The van der Waals surface area contributed by atoms with Crippen molar-refractivity contribution in [3.05, 3.63) is 35.9 Å². The molecule has 0 aromatic heterocycles. The van der Waals surface area contributed by atoms with Gasteiger partial charge in [0.25, 0.3) is 0 Å². The fourth-order valence-electron chi connectivity index (χ4n) is 0.614. The normalized spacial score (nSPS) is 6.67. The van der Waals surface area contributed by atoms with Gasteiger partial charge >= 0.3 is 29.6 Å². The average molecular weight is 170 g/mol. The number of hydrogen-bond acceptors (Lipinski definition) is 2. The van der Waals surface area contributed by atoms with Gasteiger partial charge in [-0.05, 0) is 11.5 Å². The number of nitrogens with two attached hydrogens (primary N) is 1. The summed E-state index contributed by atoms with van der Waals surface area (Å²) in [6.45, 7) is 0.640. The van der Waals surface area contributed by atoms with Crippen molar-refractivity contribution in [3.63, 3.8) is 0 Å². The first-order valence-electron chi connectivity index (χ1n) is 3.40. The summed E-state index contributed by atoms with van der Waals surface area (Å²) < 4.78 is 0. The molecule has 1 aromatic carbocycles. The van der Waals surface area contributed by atoms with Crippen LogP contribution in [0.5, 0.6) is 0 Å². The summed E-state index contributed by atoms with van der Waals surface area (Å²) in [4.78, 5) is 0. The van der Waals surface area contributed by atoms with Gasteiger partial charge in [-0.1, -0.05) is 30.3 Å². The molecule has 1 rings (SSSR count). The molecule has 0 bridgehead atoms. The molecule has 0 heterocycles. The molecular weight excluding hydrogens is 158 g/mol. The Balaban J connectivity index is 0. The summed E-state index contributed by atoms with van der Waals surface area (Å²) in [5.41, 5.74) is 6.54. The van der Waals surface area contributed by atoms with E-state index in [1.807, 2.05) is 30.3 Å². The zero-order chi connectivity index (χ0) is 8.53. The quantitative estimate of drug-likeness (QED) is 0.582. The van der Waals surface area contributed by atoms with Gasteiger partial charge < -0.3 is 5.73 Å². The minimum atomic E-state index is 0. The summed E-state index contributed by atoms with van der Waals surface area (Å²) in [7, 11) is 1.43. The van der Waals surface area contributed by atoms with Gasteiger partial charge in [0.15, 0.2) is 0 Å². The zero-order valence-corrected chi connectivity index (χ0v) is 6.62. The van der Waals surface area contributed by atoms with Gasteiger partial charge in [-0.15, -0.1) is 0 Å². The molecular formula is C8H12BN2Na. The summed E-state index contributed by atoms with van der Waals surface area (Å²) in [5, 5.41) is 7.32. The van der Waals surface area contributed by atoms with Crippen molar-refractivity contribution in [1.29, 1.82) is 5.26 Å². The van der Waals surface area contributed by atoms with Gasteiger partial charge in [-0.25, -0.2) is 5.26 Å². The molecule has 0 fully saturated rings. The molecule has 0 spiro atoms. The van der Waals surface area contributed by atoms with Gasteiger partial charge in [0.05, 0.1) is 0 Å². The molecule has 2 N–H and O–H groups in total. The number of nitrogens with zero attached hydrogens (tertiary/aromatic N) is 1. The first kappa shape index (κ1) is 14.3. The van der Waals surface area contributed by atoms with Gasteiger partial charge in [0.2, 0.25) is 7.85 Å². The third-order valence-electron chi connectivity index (χ3n) is 1.08. The van der Waals surface area contributed by atoms with Gasteiger partial charge in [0, 0.05) is 6.54 Å². The van der Waals surface area contributed by atoms with Crippen LogP contribution in [-0.2, 0) is 6.54 Å². The van der Waals surface area contributed by atoms with Crippen LogP contribution in [0, 0.1) is 11.2 Å². The second-order valence-corrected chi connectivity index (χ2v) is 1.91. The molecule has 0 aliphatic rings. The van der Waals surface area contributed by atoms with E-state index in [4.69, 9.17) is 11.0 Å². The Labute approximate surface area is 96.5 Å². The number of hydrogen-bond donors (Lipinski definition) is 1. The van der Waals surface area contributed by atoms with Crippen LogP contribution < -0.4 is 5.73 Å². The van der Waals surface area contributed by atoms with E-state index >= 15 is 0 Å². The molecule has 0 saturated heterocycles. The molecule has 0 amide bonds. The Morgan fingerprint density at radius 2 is 1.75 bits per heavy atom. The maximum atomic E-state index is 7.32. The molecule has 0 saturated carbocycles. The van der Waals surface area contributed by atoms with E-state index < -0.39 is 0 Å². The maximum absolute atomic E-state index is 7.32.